The van der Waals surface area contributed by atoms with Crippen molar-refractivity contribution in [2.24, 2.45) is 0 Å². The molecule has 2 amide bonds. The van der Waals surface area contributed by atoms with Crippen molar-refractivity contribution >= 4 is 11.8 Å². The first-order valence-electron chi connectivity index (χ1n) is 6.52. The summed E-state index contributed by atoms with van der Waals surface area (Å²) in [7, 11) is 0. The summed E-state index contributed by atoms with van der Waals surface area (Å²) in [5.74, 6) is 1.45. The lowest BCUT2D eigenvalue weighted by Gasteiger charge is -2.37. The second-order valence-electron chi connectivity index (χ2n) is 4.63. The van der Waals surface area contributed by atoms with Crippen molar-refractivity contribution in [1.82, 2.24) is 20.2 Å². The predicted molar refractivity (Wildman–Crippen MR) is 69.3 cm³/mol. The van der Waals surface area contributed by atoms with Crippen LogP contribution in [0.15, 0.2) is 12.4 Å². The summed E-state index contributed by atoms with van der Waals surface area (Å²) in [6.45, 7) is 5.53. The normalized spacial score (nSPS) is 22.2. The Labute approximate surface area is 111 Å². The van der Waals surface area contributed by atoms with Gasteiger partial charge in [-0.2, -0.15) is 0 Å². The largest absolute Gasteiger partial charge is 0.478 e. The number of anilines is 1. The number of nitrogens with zero attached hydrogens (tertiary/aromatic N) is 4. The monoisotopic (exact) mass is 263 g/mol. The van der Waals surface area contributed by atoms with Gasteiger partial charge in [-0.1, -0.05) is 0 Å². The van der Waals surface area contributed by atoms with E-state index in [-0.39, 0.29) is 12.1 Å². The highest BCUT2D eigenvalue weighted by molar-refractivity contribution is 5.77. The average molecular weight is 263 g/mol. The molecule has 102 valence electrons. The van der Waals surface area contributed by atoms with Crippen LogP contribution >= 0.6 is 0 Å². The molecule has 2 aliphatic heterocycles. The number of nitrogens with one attached hydrogen (secondary N) is 1. The summed E-state index contributed by atoms with van der Waals surface area (Å²) in [5.41, 5.74) is 0. The molecule has 1 atom stereocenters. The lowest BCUT2D eigenvalue weighted by atomic mass is 10.2. The number of carbonyl (C=O) groups is 1. The molecule has 1 aromatic rings. The van der Waals surface area contributed by atoms with Gasteiger partial charge in [0.05, 0.1) is 12.6 Å². The van der Waals surface area contributed by atoms with Crippen molar-refractivity contribution in [3.05, 3.63) is 12.4 Å². The molecule has 0 saturated carbocycles. The van der Waals surface area contributed by atoms with Gasteiger partial charge in [0.15, 0.2) is 0 Å². The van der Waals surface area contributed by atoms with Crippen LogP contribution < -0.4 is 15.0 Å². The Balaban J connectivity index is 1.73. The van der Waals surface area contributed by atoms with Crippen LogP contribution in [0.25, 0.3) is 0 Å². The van der Waals surface area contributed by atoms with E-state index in [1.807, 2.05) is 17.9 Å². The molecule has 2 fully saturated rings. The molecule has 0 radical (unpaired) electrons. The number of urea groups is 1. The first-order valence-corrected chi connectivity index (χ1v) is 6.52. The van der Waals surface area contributed by atoms with E-state index in [4.69, 9.17) is 4.74 Å². The van der Waals surface area contributed by atoms with E-state index in [1.54, 1.807) is 0 Å². The Morgan fingerprint density at radius 2 is 2.37 bits per heavy atom. The van der Waals surface area contributed by atoms with Crippen molar-refractivity contribution < 1.29 is 9.53 Å². The highest BCUT2D eigenvalue weighted by Crippen LogP contribution is 2.21. The molecule has 1 N–H and O–H groups in total. The second kappa shape index (κ2) is 4.91. The van der Waals surface area contributed by atoms with Gasteiger partial charge in [-0.15, -0.1) is 0 Å². The number of amides is 2. The Kier molecular flexibility index (Phi) is 3.10. The molecule has 0 bridgehead atoms. The Morgan fingerprint density at radius 1 is 1.47 bits per heavy atom. The van der Waals surface area contributed by atoms with E-state index in [0.717, 1.165) is 25.5 Å². The summed E-state index contributed by atoms with van der Waals surface area (Å²) in [6.07, 6.45) is 1.52. The van der Waals surface area contributed by atoms with Crippen molar-refractivity contribution in [1.29, 1.82) is 0 Å². The number of fused-ring (bicyclic) bond motifs is 1. The third kappa shape index (κ3) is 2.27. The van der Waals surface area contributed by atoms with Crippen molar-refractivity contribution in [3.63, 3.8) is 0 Å². The maximum Gasteiger partial charge on any atom is 0.317 e. The van der Waals surface area contributed by atoms with E-state index in [0.29, 0.717) is 19.0 Å². The third-order valence-corrected chi connectivity index (χ3v) is 3.48. The van der Waals surface area contributed by atoms with Crippen LogP contribution in [0.2, 0.25) is 0 Å². The maximum atomic E-state index is 11.5. The predicted octanol–water partition coefficient (Wildman–Crippen LogP) is 0.0891. The zero-order valence-electron chi connectivity index (χ0n) is 10.9. The fourth-order valence-corrected chi connectivity index (χ4v) is 2.54. The topological polar surface area (TPSA) is 70.6 Å². The highest BCUT2D eigenvalue weighted by Gasteiger charge is 2.35. The van der Waals surface area contributed by atoms with Crippen molar-refractivity contribution in [2.45, 2.75) is 13.0 Å². The van der Waals surface area contributed by atoms with Gasteiger partial charge in [0.1, 0.15) is 12.1 Å². The van der Waals surface area contributed by atoms with Gasteiger partial charge in [0.25, 0.3) is 0 Å². The van der Waals surface area contributed by atoms with Gasteiger partial charge in [-0.05, 0) is 6.92 Å². The van der Waals surface area contributed by atoms with E-state index >= 15 is 0 Å². The van der Waals surface area contributed by atoms with Gasteiger partial charge in [0.2, 0.25) is 5.88 Å². The Bertz CT molecular complexity index is 481. The zero-order valence-corrected chi connectivity index (χ0v) is 10.9. The smallest absolute Gasteiger partial charge is 0.317 e. The minimum Gasteiger partial charge on any atom is -0.478 e. The van der Waals surface area contributed by atoms with Crippen LogP contribution in [0.5, 0.6) is 5.88 Å². The zero-order chi connectivity index (χ0) is 13.2. The van der Waals surface area contributed by atoms with Crippen LogP contribution in [0, 0.1) is 0 Å². The lowest BCUT2D eigenvalue weighted by molar-refractivity contribution is 0.197. The summed E-state index contributed by atoms with van der Waals surface area (Å²) >= 11 is 0. The van der Waals surface area contributed by atoms with Gasteiger partial charge >= 0.3 is 6.03 Å². The Hall–Kier alpha value is -2.05. The van der Waals surface area contributed by atoms with Crippen LogP contribution in [0.3, 0.4) is 0 Å². The van der Waals surface area contributed by atoms with Crippen molar-refractivity contribution in [3.8, 4) is 5.88 Å². The summed E-state index contributed by atoms with van der Waals surface area (Å²) in [5, 5.41) is 2.87. The van der Waals surface area contributed by atoms with Crippen LogP contribution in [0.1, 0.15) is 6.92 Å². The molecule has 1 aromatic heterocycles. The van der Waals surface area contributed by atoms with E-state index in [2.05, 4.69) is 20.2 Å². The first kappa shape index (κ1) is 12.0. The number of aromatic nitrogens is 2. The number of rotatable bonds is 3. The number of carbonyl (C=O) groups excluding carboxylic acids is 1. The fourth-order valence-electron chi connectivity index (χ4n) is 2.54. The number of hydrogen-bond donors (Lipinski definition) is 1. The third-order valence-electron chi connectivity index (χ3n) is 3.48. The number of piperazine rings is 1. The Morgan fingerprint density at radius 3 is 3.21 bits per heavy atom. The maximum absolute atomic E-state index is 11.5. The van der Waals surface area contributed by atoms with Gasteiger partial charge < -0.3 is 19.9 Å². The fraction of sp³-hybridized carbons (Fsp3) is 0.583. The average Bonchev–Trinajstić information content (AvgIpc) is 2.81. The van der Waals surface area contributed by atoms with E-state index in [1.165, 1.54) is 6.33 Å². The molecule has 1 unspecified atom stereocenters. The van der Waals surface area contributed by atoms with Gasteiger partial charge in [-0.3, -0.25) is 0 Å². The van der Waals surface area contributed by atoms with E-state index < -0.39 is 0 Å². The minimum atomic E-state index is 0.0438. The number of ether oxygens (including phenoxy) is 1. The number of hydrogen-bond acceptors (Lipinski definition) is 5. The molecule has 19 heavy (non-hydrogen) atoms. The van der Waals surface area contributed by atoms with Gasteiger partial charge in [-0.25, -0.2) is 14.8 Å². The standard InChI is InChI=1S/C12H17N5O2/c1-2-19-11-5-10(14-8-15-11)16-3-4-17-9(7-16)6-13-12(17)18/h5,8-9H,2-4,6-7H2,1H3,(H,13,18). The first-order chi connectivity index (χ1) is 9.28. The van der Waals surface area contributed by atoms with Crippen molar-refractivity contribution in [2.75, 3.05) is 37.7 Å². The van der Waals surface area contributed by atoms with E-state index in [9.17, 15) is 4.79 Å². The van der Waals surface area contributed by atoms with Gasteiger partial charge in [0, 0.05) is 32.2 Å². The molecule has 0 aliphatic carbocycles. The summed E-state index contributed by atoms with van der Waals surface area (Å²) in [4.78, 5) is 24.0. The molecular weight excluding hydrogens is 246 g/mol. The SMILES string of the molecule is CCOc1cc(N2CCN3C(=O)NCC3C2)ncn1. The molecular formula is C12H17N5O2. The second-order valence-corrected chi connectivity index (χ2v) is 4.63. The summed E-state index contributed by atoms with van der Waals surface area (Å²) < 4.78 is 5.39. The molecule has 3 rings (SSSR count). The lowest BCUT2D eigenvalue weighted by Crippen LogP contribution is -2.52. The molecule has 7 heteroatoms. The summed E-state index contributed by atoms with van der Waals surface area (Å²) in [6, 6.07) is 2.12. The molecule has 2 saturated heterocycles. The quantitative estimate of drug-likeness (QED) is 0.837. The van der Waals surface area contributed by atoms with Crippen LogP contribution in [-0.4, -0.2) is 59.7 Å². The molecule has 2 aliphatic rings. The highest BCUT2D eigenvalue weighted by atomic mass is 16.5. The molecule has 0 spiro atoms. The molecule has 7 nitrogen and oxygen atoms in total. The minimum absolute atomic E-state index is 0.0438. The molecule has 3 heterocycles. The van der Waals surface area contributed by atoms with Crippen LogP contribution in [-0.2, 0) is 0 Å². The molecule has 0 aromatic carbocycles. The van der Waals surface area contributed by atoms with Crippen LogP contribution in [0.4, 0.5) is 10.6 Å².